The molecule has 6 nitrogen and oxygen atoms in total. The van der Waals surface area contributed by atoms with Crippen LogP contribution in [-0.4, -0.2) is 39.3 Å². The van der Waals surface area contributed by atoms with Crippen molar-refractivity contribution < 1.29 is 31.8 Å². The zero-order valence-electron chi connectivity index (χ0n) is 9.76. The van der Waals surface area contributed by atoms with E-state index in [1.807, 2.05) is 4.72 Å². The van der Waals surface area contributed by atoms with E-state index in [1.54, 1.807) is 0 Å². The summed E-state index contributed by atoms with van der Waals surface area (Å²) in [4.78, 5) is 10.6. The molecular formula is C10H11F2NO5S. The number of methoxy groups -OCH3 is 1. The van der Waals surface area contributed by atoms with Crippen LogP contribution in [0.5, 0.6) is 0 Å². The number of carbonyl (C=O) groups excluding carboxylic acids is 1. The lowest BCUT2D eigenvalue weighted by Crippen LogP contribution is -2.43. The fourth-order valence-corrected chi connectivity index (χ4v) is 2.39. The number of sulfonamides is 1. The van der Waals surface area contributed by atoms with E-state index in [4.69, 9.17) is 5.11 Å². The van der Waals surface area contributed by atoms with Gasteiger partial charge in [-0.2, -0.15) is 4.72 Å². The molecule has 0 aliphatic rings. The van der Waals surface area contributed by atoms with Crippen molar-refractivity contribution >= 4 is 16.0 Å². The van der Waals surface area contributed by atoms with Crippen LogP contribution < -0.4 is 4.72 Å². The SMILES string of the molecule is COC(=O)[C@H](CO)NS(=O)(=O)c1ccc(F)c(F)c1. The molecule has 9 heteroatoms. The molecular weight excluding hydrogens is 284 g/mol. The van der Waals surface area contributed by atoms with Crippen molar-refractivity contribution in [3.05, 3.63) is 29.8 Å². The van der Waals surface area contributed by atoms with Gasteiger partial charge in [-0.15, -0.1) is 0 Å². The number of rotatable bonds is 5. The van der Waals surface area contributed by atoms with Crippen molar-refractivity contribution in [2.24, 2.45) is 0 Å². The maximum atomic E-state index is 12.9. The number of aliphatic hydroxyl groups is 1. The van der Waals surface area contributed by atoms with Crippen molar-refractivity contribution in [2.75, 3.05) is 13.7 Å². The van der Waals surface area contributed by atoms with Crippen molar-refractivity contribution in [3.8, 4) is 0 Å². The molecule has 1 aromatic carbocycles. The number of nitrogens with one attached hydrogen (secondary N) is 1. The summed E-state index contributed by atoms with van der Waals surface area (Å²) in [6.07, 6.45) is 0. The summed E-state index contributed by atoms with van der Waals surface area (Å²) in [5.41, 5.74) is 0. The number of esters is 1. The number of aliphatic hydroxyl groups excluding tert-OH is 1. The van der Waals surface area contributed by atoms with Crippen molar-refractivity contribution in [2.45, 2.75) is 10.9 Å². The molecule has 2 N–H and O–H groups in total. The summed E-state index contributed by atoms with van der Waals surface area (Å²) in [5.74, 6) is -3.55. The monoisotopic (exact) mass is 295 g/mol. The first kappa shape index (κ1) is 15.5. The van der Waals surface area contributed by atoms with E-state index < -0.39 is 45.2 Å². The predicted molar refractivity (Wildman–Crippen MR) is 59.6 cm³/mol. The van der Waals surface area contributed by atoms with Gasteiger partial charge >= 0.3 is 5.97 Å². The summed E-state index contributed by atoms with van der Waals surface area (Å²) in [5, 5.41) is 8.87. The van der Waals surface area contributed by atoms with Gasteiger partial charge in [0.25, 0.3) is 0 Å². The molecule has 0 heterocycles. The quantitative estimate of drug-likeness (QED) is 0.732. The van der Waals surface area contributed by atoms with Gasteiger partial charge in [-0.3, -0.25) is 4.79 Å². The average Bonchev–Trinajstić information content (AvgIpc) is 2.38. The minimum absolute atomic E-state index is 0.462. The van der Waals surface area contributed by atoms with E-state index in [-0.39, 0.29) is 0 Å². The van der Waals surface area contributed by atoms with Gasteiger partial charge in [0, 0.05) is 0 Å². The number of benzene rings is 1. The van der Waals surface area contributed by atoms with E-state index in [9.17, 15) is 22.0 Å². The lowest BCUT2D eigenvalue weighted by atomic mass is 10.3. The van der Waals surface area contributed by atoms with Crippen LogP contribution in [0.1, 0.15) is 0 Å². The number of carbonyl (C=O) groups is 1. The molecule has 1 rings (SSSR count). The second-order valence-corrected chi connectivity index (χ2v) is 5.17. The van der Waals surface area contributed by atoms with Gasteiger partial charge in [-0.25, -0.2) is 17.2 Å². The minimum atomic E-state index is -4.28. The van der Waals surface area contributed by atoms with Crippen LogP contribution in [-0.2, 0) is 19.6 Å². The highest BCUT2D eigenvalue weighted by Crippen LogP contribution is 2.14. The Morgan fingerprint density at radius 1 is 1.42 bits per heavy atom. The fraction of sp³-hybridized carbons (Fsp3) is 0.300. The van der Waals surface area contributed by atoms with Gasteiger partial charge in [-0.05, 0) is 18.2 Å². The number of hydrogen-bond acceptors (Lipinski definition) is 5. The van der Waals surface area contributed by atoms with Crippen LogP contribution in [0, 0.1) is 11.6 Å². The van der Waals surface area contributed by atoms with Crippen LogP contribution in [0.4, 0.5) is 8.78 Å². The van der Waals surface area contributed by atoms with Gasteiger partial charge in [0.1, 0.15) is 6.04 Å². The second kappa shape index (κ2) is 6.04. The van der Waals surface area contributed by atoms with E-state index >= 15 is 0 Å². The molecule has 0 amide bonds. The van der Waals surface area contributed by atoms with Crippen LogP contribution in [0.2, 0.25) is 0 Å². The molecule has 106 valence electrons. The molecule has 1 aromatic rings. The summed E-state index contributed by atoms with van der Waals surface area (Å²) in [6.45, 7) is -0.838. The lowest BCUT2D eigenvalue weighted by molar-refractivity contribution is -0.143. The van der Waals surface area contributed by atoms with Gasteiger partial charge < -0.3 is 9.84 Å². The smallest absolute Gasteiger partial charge is 0.326 e. The summed E-state index contributed by atoms with van der Waals surface area (Å²) >= 11 is 0. The first-order valence-electron chi connectivity index (χ1n) is 4.98. The molecule has 0 bridgehead atoms. The van der Waals surface area contributed by atoms with E-state index in [0.717, 1.165) is 13.2 Å². The molecule has 0 unspecified atom stereocenters. The van der Waals surface area contributed by atoms with E-state index in [0.29, 0.717) is 12.1 Å². The standard InChI is InChI=1S/C10H11F2NO5S/c1-18-10(15)9(5-14)13-19(16,17)6-2-3-7(11)8(12)4-6/h2-4,9,13-14H,5H2,1H3/t9-/m0/s1. The highest BCUT2D eigenvalue weighted by molar-refractivity contribution is 7.89. The molecule has 0 aromatic heterocycles. The minimum Gasteiger partial charge on any atom is -0.468 e. The summed E-state index contributed by atoms with van der Waals surface area (Å²) < 4.78 is 55.3. The molecule has 0 aliphatic heterocycles. The molecule has 0 saturated carbocycles. The molecule has 0 aliphatic carbocycles. The predicted octanol–water partition coefficient (Wildman–Crippen LogP) is -0.223. The Balaban J connectivity index is 3.03. The number of hydrogen-bond donors (Lipinski definition) is 2. The molecule has 1 atom stereocenters. The molecule has 0 saturated heterocycles. The second-order valence-electron chi connectivity index (χ2n) is 3.46. The third-order valence-electron chi connectivity index (χ3n) is 2.17. The normalized spacial score (nSPS) is 13.1. The highest BCUT2D eigenvalue weighted by atomic mass is 32.2. The molecule has 0 radical (unpaired) electrons. The molecule has 19 heavy (non-hydrogen) atoms. The van der Waals surface area contributed by atoms with E-state index in [2.05, 4.69) is 4.74 Å². The van der Waals surface area contributed by atoms with Crippen LogP contribution >= 0.6 is 0 Å². The summed E-state index contributed by atoms with van der Waals surface area (Å²) in [7, 11) is -3.27. The average molecular weight is 295 g/mol. The Kier molecular flexibility index (Phi) is 4.92. The molecule has 0 spiro atoms. The van der Waals surface area contributed by atoms with Crippen molar-refractivity contribution in [1.29, 1.82) is 0 Å². The highest BCUT2D eigenvalue weighted by Gasteiger charge is 2.26. The van der Waals surface area contributed by atoms with Crippen molar-refractivity contribution in [3.63, 3.8) is 0 Å². The Morgan fingerprint density at radius 3 is 2.53 bits per heavy atom. The Bertz CT molecular complexity index is 575. The first-order chi connectivity index (χ1) is 8.81. The number of ether oxygens (including phenoxy) is 1. The zero-order valence-corrected chi connectivity index (χ0v) is 10.6. The third kappa shape index (κ3) is 3.69. The molecule has 0 fully saturated rings. The maximum absolute atomic E-state index is 12.9. The van der Waals surface area contributed by atoms with Crippen molar-refractivity contribution in [1.82, 2.24) is 4.72 Å². The van der Waals surface area contributed by atoms with Crippen LogP contribution in [0.15, 0.2) is 23.1 Å². The topological polar surface area (TPSA) is 92.7 Å². The van der Waals surface area contributed by atoms with Crippen LogP contribution in [0.3, 0.4) is 0 Å². The van der Waals surface area contributed by atoms with Gasteiger partial charge in [-0.1, -0.05) is 0 Å². The lowest BCUT2D eigenvalue weighted by Gasteiger charge is -2.14. The Morgan fingerprint density at radius 2 is 2.05 bits per heavy atom. The summed E-state index contributed by atoms with van der Waals surface area (Å²) in [6, 6.07) is 0.398. The fourth-order valence-electron chi connectivity index (χ4n) is 1.20. The van der Waals surface area contributed by atoms with Gasteiger partial charge in [0.2, 0.25) is 10.0 Å². The third-order valence-corrected chi connectivity index (χ3v) is 3.64. The Hall–Kier alpha value is -1.58. The largest absolute Gasteiger partial charge is 0.468 e. The van der Waals surface area contributed by atoms with Gasteiger partial charge in [0.15, 0.2) is 11.6 Å². The first-order valence-corrected chi connectivity index (χ1v) is 6.46. The van der Waals surface area contributed by atoms with Gasteiger partial charge in [0.05, 0.1) is 18.6 Å². The Labute approximate surface area is 108 Å². The zero-order chi connectivity index (χ0) is 14.6. The van der Waals surface area contributed by atoms with E-state index in [1.165, 1.54) is 0 Å². The van der Waals surface area contributed by atoms with Crippen LogP contribution in [0.25, 0.3) is 0 Å². The maximum Gasteiger partial charge on any atom is 0.326 e. The number of halogens is 2.